The van der Waals surface area contributed by atoms with Crippen LogP contribution in [-0.2, 0) is 6.54 Å². The quantitative estimate of drug-likeness (QED) is 0.780. The fourth-order valence-electron chi connectivity index (χ4n) is 2.34. The number of benzene rings is 2. The van der Waals surface area contributed by atoms with Crippen molar-refractivity contribution in [3.63, 3.8) is 0 Å². The zero-order chi connectivity index (χ0) is 19.3. The lowest BCUT2D eigenvalue weighted by Gasteiger charge is -2.23. The monoisotopic (exact) mass is 370 g/mol. The number of nitrogens with one attached hydrogen (secondary N) is 1. The summed E-state index contributed by atoms with van der Waals surface area (Å²) >= 11 is 0. The number of halogens is 4. The Morgan fingerprint density at radius 3 is 2.54 bits per heavy atom. The summed E-state index contributed by atoms with van der Waals surface area (Å²) in [6.45, 7) is 1.59. The molecule has 2 aromatic rings. The molecular formula is C18H18F4N2O2. The summed E-state index contributed by atoms with van der Waals surface area (Å²) in [6.07, 6.45) is -4.82. The van der Waals surface area contributed by atoms with Gasteiger partial charge >= 0.3 is 12.4 Å². The number of carbonyl (C=O) groups excluding carboxylic acids is 1. The predicted octanol–water partition coefficient (Wildman–Crippen LogP) is 4.63. The van der Waals surface area contributed by atoms with Gasteiger partial charge in [-0.2, -0.15) is 0 Å². The Morgan fingerprint density at radius 1 is 1.19 bits per heavy atom. The molecule has 2 aromatic carbocycles. The van der Waals surface area contributed by atoms with Crippen molar-refractivity contribution in [1.29, 1.82) is 0 Å². The molecule has 0 heterocycles. The number of urea groups is 1. The second-order valence-electron chi connectivity index (χ2n) is 5.74. The standard InChI is InChI=1S/C18H18F4N2O2/c1-12(13-7-5-8-15(19)10-13)23-17(25)24(2)11-14-6-3-4-9-16(14)26-18(20,21)22/h3-10,12H,11H2,1-2H3,(H,23,25)/t12-/m0/s1. The number of ether oxygens (including phenoxy) is 1. The highest BCUT2D eigenvalue weighted by Crippen LogP contribution is 2.27. The molecule has 0 unspecified atom stereocenters. The summed E-state index contributed by atoms with van der Waals surface area (Å²) in [5, 5.41) is 2.67. The second kappa shape index (κ2) is 8.07. The van der Waals surface area contributed by atoms with E-state index in [1.165, 1.54) is 48.3 Å². The van der Waals surface area contributed by atoms with Gasteiger partial charge in [0.1, 0.15) is 11.6 Å². The van der Waals surface area contributed by atoms with Gasteiger partial charge in [-0.15, -0.1) is 13.2 Å². The van der Waals surface area contributed by atoms with E-state index in [1.807, 2.05) is 0 Å². The van der Waals surface area contributed by atoms with Crippen molar-refractivity contribution in [2.75, 3.05) is 7.05 Å². The molecule has 0 fully saturated rings. The molecule has 0 aliphatic heterocycles. The van der Waals surface area contributed by atoms with Gasteiger partial charge in [0.25, 0.3) is 0 Å². The minimum atomic E-state index is -4.82. The van der Waals surface area contributed by atoms with Gasteiger partial charge in [-0.1, -0.05) is 30.3 Å². The summed E-state index contributed by atoms with van der Waals surface area (Å²) in [4.78, 5) is 13.5. The lowest BCUT2D eigenvalue weighted by atomic mass is 10.1. The van der Waals surface area contributed by atoms with Gasteiger partial charge in [0.15, 0.2) is 0 Å². The van der Waals surface area contributed by atoms with Crippen molar-refractivity contribution in [1.82, 2.24) is 10.2 Å². The van der Waals surface area contributed by atoms with Crippen LogP contribution in [0.5, 0.6) is 5.75 Å². The Labute approximate surface area is 148 Å². The second-order valence-corrected chi connectivity index (χ2v) is 5.74. The van der Waals surface area contributed by atoms with Gasteiger partial charge in [0.2, 0.25) is 0 Å². The van der Waals surface area contributed by atoms with Crippen molar-refractivity contribution < 1.29 is 27.1 Å². The Morgan fingerprint density at radius 2 is 1.88 bits per heavy atom. The van der Waals surface area contributed by atoms with Crippen LogP contribution in [0.3, 0.4) is 0 Å². The molecule has 0 aromatic heterocycles. The van der Waals surface area contributed by atoms with E-state index in [4.69, 9.17) is 0 Å². The first-order valence-corrected chi connectivity index (χ1v) is 7.76. The number of para-hydroxylation sites is 1. The Kier molecular flexibility index (Phi) is 6.07. The minimum absolute atomic E-state index is 0.0893. The van der Waals surface area contributed by atoms with Crippen molar-refractivity contribution in [3.8, 4) is 5.75 Å². The van der Waals surface area contributed by atoms with E-state index in [0.29, 0.717) is 5.56 Å². The van der Waals surface area contributed by atoms with E-state index in [0.717, 1.165) is 0 Å². The van der Waals surface area contributed by atoms with Crippen LogP contribution in [0.4, 0.5) is 22.4 Å². The third-order valence-corrected chi connectivity index (χ3v) is 3.64. The molecule has 1 atom stereocenters. The fraction of sp³-hybridized carbons (Fsp3) is 0.278. The predicted molar refractivity (Wildman–Crippen MR) is 87.9 cm³/mol. The Bertz CT molecular complexity index is 765. The van der Waals surface area contributed by atoms with Crippen LogP contribution in [0.2, 0.25) is 0 Å². The third-order valence-electron chi connectivity index (χ3n) is 3.64. The highest BCUT2D eigenvalue weighted by Gasteiger charge is 2.32. The van der Waals surface area contributed by atoms with E-state index in [9.17, 15) is 22.4 Å². The van der Waals surface area contributed by atoms with Gasteiger partial charge in [-0.3, -0.25) is 0 Å². The number of nitrogens with zero attached hydrogens (tertiary/aromatic N) is 1. The van der Waals surface area contributed by atoms with Gasteiger partial charge in [-0.05, 0) is 30.7 Å². The van der Waals surface area contributed by atoms with Crippen LogP contribution >= 0.6 is 0 Å². The summed E-state index contributed by atoms with van der Waals surface area (Å²) in [7, 11) is 1.44. The van der Waals surface area contributed by atoms with Crippen molar-refractivity contribution in [3.05, 3.63) is 65.5 Å². The number of amides is 2. The largest absolute Gasteiger partial charge is 0.573 e. The fourth-order valence-corrected chi connectivity index (χ4v) is 2.34. The van der Waals surface area contributed by atoms with E-state index >= 15 is 0 Å². The average molecular weight is 370 g/mol. The third kappa shape index (κ3) is 5.65. The molecule has 0 spiro atoms. The summed E-state index contributed by atoms with van der Waals surface area (Å²) in [6, 6.07) is 10.4. The van der Waals surface area contributed by atoms with Crippen LogP contribution in [-0.4, -0.2) is 24.3 Å². The Balaban J connectivity index is 2.03. The maximum atomic E-state index is 13.3. The number of hydrogen-bond acceptors (Lipinski definition) is 2. The minimum Gasteiger partial charge on any atom is -0.405 e. The van der Waals surface area contributed by atoms with E-state index in [-0.39, 0.29) is 17.9 Å². The van der Waals surface area contributed by atoms with E-state index in [2.05, 4.69) is 10.1 Å². The van der Waals surface area contributed by atoms with Crippen molar-refractivity contribution in [2.45, 2.75) is 25.9 Å². The Hall–Kier alpha value is -2.77. The zero-order valence-electron chi connectivity index (χ0n) is 14.2. The topological polar surface area (TPSA) is 41.6 Å². The number of hydrogen-bond donors (Lipinski definition) is 1. The molecule has 0 radical (unpaired) electrons. The van der Waals surface area contributed by atoms with Crippen LogP contribution < -0.4 is 10.1 Å². The molecule has 0 saturated heterocycles. The molecule has 2 rings (SSSR count). The van der Waals surface area contributed by atoms with E-state index < -0.39 is 24.3 Å². The average Bonchev–Trinajstić information content (AvgIpc) is 2.55. The molecule has 8 heteroatoms. The summed E-state index contributed by atoms with van der Waals surface area (Å²) in [5.74, 6) is -0.784. The van der Waals surface area contributed by atoms with Crippen molar-refractivity contribution in [2.24, 2.45) is 0 Å². The molecule has 26 heavy (non-hydrogen) atoms. The van der Waals surface area contributed by atoms with Crippen LogP contribution in [0, 0.1) is 5.82 Å². The first kappa shape index (κ1) is 19.6. The van der Waals surface area contributed by atoms with Crippen LogP contribution in [0.1, 0.15) is 24.1 Å². The van der Waals surface area contributed by atoms with Gasteiger partial charge in [0.05, 0.1) is 12.6 Å². The lowest BCUT2D eigenvalue weighted by Crippen LogP contribution is -2.38. The first-order chi connectivity index (χ1) is 12.2. The number of alkyl halides is 3. The summed E-state index contributed by atoms with van der Waals surface area (Å²) < 4.78 is 54.6. The molecule has 0 aliphatic rings. The molecule has 0 bridgehead atoms. The maximum absolute atomic E-state index is 13.3. The van der Waals surface area contributed by atoms with Crippen LogP contribution in [0.15, 0.2) is 48.5 Å². The van der Waals surface area contributed by atoms with Gasteiger partial charge in [0, 0.05) is 12.6 Å². The highest BCUT2D eigenvalue weighted by atomic mass is 19.4. The molecule has 0 aliphatic carbocycles. The van der Waals surface area contributed by atoms with Crippen molar-refractivity contribution >= 4 is 6.03 Å². The smallest absolute Gasteiger partial charge is 0.405 e. The summed E-state index contributed by atoms with van der Waals surface area (Å²) in [5.41, 5.74) is 0.786. The number of carbonyl (C=O) groups is 1. The number of rotatable bonds is 5. The zero-order valence-corrected chi connectivity index (χ0v) is 14.2. The molecule has 1 N–H and O–H groups in total. The molecule has 0 saturated carbocycles. The van der Waals surface area contributed by atoms with Crippen LogP contribution in [0.25, 0.3) is 0 Å². The first-order valence-electron chi connectivity index (χ1n) is 7.76. The lowest BCUT2D eigenvalue weighted by molar-refractivity contribution is -0.275. The molecule has 4 nitrogen and oxygen atoms in total. The van der Waals surface area contributed by atoms with Gasteiger partial charge < -0.3 is 15.0 Å². The maximum Gasteiger partial charge on any atom is 0.573 e. The molecule has 140 valence electrons. The normalized spacial score (nSPS) is 12.4. The SMILES string of the molecule is C[C@H](NC(=O)N(C)Cc1ccccc1OC(F)(F)F)c1cccc(F)c1. The molecule has 2 amide bonds. The molecular weight excluding hydrogens is 352 g/mol. The van der Waals surface area contributed by atoms with Gasteiger partial charge in [-0.25, -0.2) is 9.18 Å². The van der Waals surface area contributed by atoms with E-state index in [1.54, 1.807) is 19.1 Å². The highest BCUT2D eigenvalue weighted by molar-refractivity contribution is 5.74.